The molecule has 0 aliphatic carbocycles. The molecule has 0 fully saturated rings. The molecule has 4 rings (SSSR count). The highest BCUT2D eigenvalue weighted by Crippen LogP contribution is 2.33. The molecule has 0 atom stereocenters. The van der Waals surface area contributed by atoms with E-state index in [1.165, 1.54) is 29.0 Å². The molecular weight excluding hydrogens is 451 g/mol. The van der Waals surface area contributed by atoms with E-state index in [2.05, 4.69) is 10.3 Å². The largest absolute Gasteiger partial charge is 0.444 e. The number of nitrogen functional groups attached to an aromatic ring is 1. The van der Waals surface area contributed by atoms with Crippen LogP contribution in [0.3, 0.4) is 0 Å². The van der Waals surface area contributed by atoms with Gasteiger partial charge in [-0.25, -0.2) is 23.5 Å². The van der Waals surface area contributed by atoms with Gasteiger partial charge in [-0.05, 0) is 62.2 Å². The molecule has 0 spiro atoms. The van der Waals surface area contributed by atoms with Crippen molar-refractivity contribution in [3.63, 3.8) is 0 Å². The van der Waals surface area contributed by atoms with Crippen molar-refractivity contribution in [1.82, 2.24) is 9.55 Å². The number of amides is 1. The van der Waals surface area contributed by atoms with Crippen LogP contribution < -0.4 is 11.1 Å². The zero-order valence-corrected chi connectivity index (χ0v) is 19.5. The van der Waals surface area contributed by atoms with Crippen molar-refractivity contribution in [2.75, 3.05) is 11.1 Å². The first kappa shape index (κ1) is 23.7. The van der Waals surface area contributed by atoms with Crippen LogP contribution in [0.1, 0.15) is 26.3 Å². The number of carbonyl (C=O) groups excluding carboxylic acids is 2. The number of fused-ring (bicyclic) bond motifs is 1. The predicted octanol–water partition coefficient (Wildman–Crippen LogP) is 5.96. The number of ether oxygens (including phenoxy) is 2. The topological polar surface area (TPSA) is 108 Å². The number of pyridine rings is 1. The summed E-state index contributed by atoms with van der Waals surface area (Å²) in [6.07, 6.45) is 1.73. The minimum atomic E-state index is -0.729. The second kappa shape index (κ2) is 9.46. The molecule has 0 saturated carbocycles. The molecule has 0 aliphatic rings. The zero-order valence-electron chi connectivity index (χ0n) is 19.5. The second-order valence-corrected chi connectivity index (χ2v) is 8.94. The number of nitrogens with two attached hydrogens (primary N) is 1. The summed E-state index contributed by atoms with van der Waals surface area (Å²) in [5.74, 6) is -0.412. The molecule has 4 aromatic rings. The van der Waals surface area contributed by atoms with E-state index in [9.17, 15) is 14.0 Å². The molecule has 0 radical (unpaired) electrons. The first-order valence-electron chi connectivity index (χ1n) is 10.9. The monoisotopic (exact) mass is 476 g/mol. The van der Waals surface area contributed by atoms with Crippen molar-refractivity contribution in [2.45, 2.75) is 33.0 Å². The number of benzene rings is 2. The number of hydrogen-bond acceptors (Lipinski definition) is 6. The number of anilines is 2. The van der Waals surface area contributed by atoms with Crippen LogP contribution in [-0.4, -0.2) is 27.3 Å². The molecule has 180 valence electrons. The maximum atomic E-state index is 13.3. The maximum Gasteiger partial charge on any atom is 0.420 e. The van der Waals surface area contributed by atoms with E-state index in [0.29, 0.717) is 33.5 Å². The molecule has 3 N–H and O–H groups in total. The van der Waals surface area contributed by atoms with E-state index in [-0.39, 0.29) is 6.61 Å². The summed E-state index contributed by atoms with van der Waals surface area (Å²) in [5, 5.41) is 3.22. The molecule has 1 amide bonds. The Morgan fingerprint density at radius 2 is 1.89 bits per heavy atom. The number of halogens is 1. The van der Waals surface area contributed by atoms with Crippen LogP contribution in [0, 0.1) is 5.82 Å². The minimum Gasteiger partial charge on any atom is -0.444 e. The molecule has 2 aromatic heterocycles. The third-order valence-corrected chi connectivity index (χ3v) is 4.94. The van der Waals surface area contributed by atoms with Gasteiger partial charge in [0.25, 0.3) is 0 Å². The summed E-state index contributed by atoms with van der Waals surface area (Å²) < 4.78 is 25.4. The van der Waals surface area contributed by atoms with E-state index in [4.69, 9.17) is 15.2 Å². The number of carbonyl (C=O) groups is 2. The lowest BCUT2D eigenvalue weighted by atomic mass is 10.1. The lowest BCUT2D eigenvalue weighted by Crippen LogP contribution is -2.26. The Bertz CT molecular complexity index is 1410. The Morgan fingerprint density at radius 3 is 2.60 bits per heavy atom. The van der Waals surface area contributed by atoms with Gasteiger partial charge in [-0.15, -0.1) is 0 Å². The molecule has 2 aromatic carbocycles. The summed E-state index contributed by atoms with van der Waals surface area (Å²) in [7, 11) is 0. The van der Waals surface area contributed by atoms with Crippen molar-refractivity contribution >= 4 is 34.6 Å². The molecule has 9 heteroatoms. The fourth-order valence-corrected chi connectivity index (χ4v) is 3.49. The van der Waals surface area contributed by atoms with Crippen LogP contribution in [0.2, 0.25) is 0 Å². The molecule has 0 saturated heterocycles. The summed E-state index contributed by atoms with van der Waals surface area (Å²) in [4.78, 5) is 29.6. The minimum absolute atomic E-state index is 0.0944. The molecule has 0 bridgehead atoms. The summed E-state index contributed by atoms with van der Waals surface area (Å²) >= 11 is 0. The van der Waals surface area contributed by atoms with Gasteiger partial charge in [0, 0.05) is 22.8 Å². The van der Waals surface area contributed by atoms with Crippen molar-refractivity contribution in [3.05, 3.63) is 78.4 Å². The van der Waals surface area contributed by atoms with E-state index < -0.39 is 23.6 Å². The van der Waals surface area contributed by atoms with Crippen LogP contribution in [0.4, 0.5) is 25.4 Å². The average Bonchev–Trinajstić information content (AvgIpc) is 3.16. The van der Waals surface area contributed by atoms with Crippen LogP contribution in [0.5, 0.6) is 0 Å². The Labute approximate surface area is 201 Å². The highest BCUT2D eigenvalue weighted by Gasteiger charge is 2.22. The summed E-state index contributed by atoms with van der Waals surface area (Å²) in [5.41, 5.74) is 8.51. The third kappa shape index (κ3) is 5.75. The van der Waals surface area contributed by atoms with Gasteiger partial charge in [-0.1, -0.05) is 24.3 Å². The van der Waals surface area contributed by atoms with Crippen LogP contribution in [-0.2, 0) is 16.1 Å². The zero-order chi connectivity index (χ0) is 25.2. The quantitative estimate of drug-likeness (QED) is 0.352. The molecule has 2 heterocycles. The van der Waals surface area contributed by atoms with Crippen molar-refractivity contribution in [2.24, 2.45) is 0 Å². The standard InChI is InChI=1S/C26H25FN4O4/c1-26(2,3)35-25(33)31-14-22(17-7-5-9-19(28)11-17)21-12-20(13-29-23(21)31)30-24(32)34-15-16-6-4-8-18(27)10-16/h4-14H,15,28H2,1-3H3,(H,30,32). The van der Waals surface area contributed by atoms with E-state index in [1.54, 1.807) is 57.3 Å². The Hall–Kier alpha value is -4.40. The first-order valence-corrected chi connectivity index (χ1v) is 10.9. The van der Waals surface area contributed by atoms with Crippen LogP contribution >= 0.6 is 0 Å². The van der Waals surface area contributed by atoms with E-state index >= 15 is 0 Å². The van der Waals surface area contributed by atoms with Gasteiger partial charge in [-0.2, -0.15) is 0 Å². The number of rotatable bonds is 4. The summed E-state index contributed by atoms with van der Waals surface area (Å²) in [6, 6.07) is 14.7. The highest BCUT2D eigenvalue weighted by molar-refractivity contribution is 6.01. The SMILES string of the molecule is CC(C)(C)OC(=O)n1cc(-c2cccc(N)c2)c2cc(NC(=O)OCc3cccc(F)c3)cnc21. The van der Waals surface area contributed by atoms with Gasteiger partial charge < -0.3 is 15.2 Å². The van der Waals surface area contributed by atoms with Crippen molar-refractivity contribution in [3.8, 4) is 11.1 Å². The van der Waals surface area contributed by atoms with Gasteiger partial charge in [0.1, 0.15) is 23.7 Å². The highest BCUT2D eigenvalue weighted by atomic mass is 19.1. The number of nitrogens with zero attached hydrogens (tertiary/aromatic N) is 2. The number of nitrogens with one attached hydrogen (secondary N) is 1. The third-order valence-electron chi connectivity index (χ3n) is 4.94. The van der Waals surface area contributed by atoms with E-state index in [0.717, 1.165) is 5.56 Å². The van der Waals surface area contributed by atoms with Crippen molar-refractivity contribution in [1.29, 1.82) is 0 Å². The smallest absolute Gasteiger partial charge is 0.420 e. The van der Waals surface area contributed by atoms with Gasteiger partial charge in [-0.3, -0.25) is 5.32 Å². The fraction of sp³-hybridized carbons (Fsp3) is 0.192. The normalized spacial score (nSPS) is 11.3. The van der Waals surface area contributed by atoms with Gasteiger partial charge in [0.15, 0.2) is 0 Å². The first-order chi connectivity index (χ1) is 16.6. The Morgan fingerprint density at radius 1 is 1.11 bits per heavy atom. The lowest BCUT2D eigenvalue weighted by Gasteiger charge is -2.19. The molecule has 8 nitrogen and oxygen atoms in total. The fourth-order valence-electron chi connectivity index (χ4n) is 3.49. The average molecular weight is 477 g/mol. The number of hydrogen-bond donors (Lipinski definition) is 2. The lowest BCUT2D eigenvalue weighted by molar-refractivity contribution is 0.0543. The van der Waals surface area contributed by atoms with Crippen LogP contribution in [0.25, 0.3) is 22.2 Å². The van der Waals surface area contributed by atoms with Gasteiger partial charge >= 0.3 is 12.2 Å². The maximum absolute atomic E-state index is 13.3. The summed E-state index contributed by atoms with van der Waals surface area (Å²) in [6.45, 7) is 5.24. The molecular formula is C26H25FN4O4. The second-order valence-electron chi connectivity index (χ2n) is 8.94. The Kier molecular flexibility index (Phi) is 6.42. The molecule has 0 unspecified atom stereocenters. The molecule has 35 heavy (non-hydrogen) atoms. The van der Waals surface area contributed by atoms with Gasteiger partial charge in [0.2, 0.25) is 0 Å². The molecule has 0 aliphatic heterocycles. The van der Waals surface area contributed by atoms with Crippen molar-refractivity contribution < 1.29 is 23.5 Å². The number of aromatic nitrogens is 2. The van der Waals surface area contributed by atoms with E-state index in [1.807, 2.05) is 6.07 Å². The predicted molar refractivity (Wildman–Crippen MR) is 131 cm³/mol. The van der Waals surface area contributed by atoms with Gasteiger partial charge in [0.05, 0.1) is 11.9 Å². The Balaban J connectivity index is 1.64. The van der Waals surface area contributed by atoms with Crippen LogP contribution in [0.15, 0.2) is 67.0 Å².